The summed E-state index contributed by atoms with van der Waals surface area (Å²) in [5.74, 6) is 0.271. The predicted molar refractivity (Wildman–Crippen MR) is 76.6 cm³/mol. The molecule has 3 nitrogen and oxygen atoms in total. The first-order valence-corrected chi connectivity index (χ1v) is 7.68. The second-order valence-electron chi connectivity index (χ2n) is 5.79. The van der Waals surface area contributed by atoms with Gasteiger partial charge in [-0.15, -0.1) is 0 Å². The molecule has 0 saturated heterocycles. The third-order valence-corrected chi connectivity index (χ3v) is 3.86. The maximum Gasteiger partial charge on any atom is 0.225 e. The second kappa shape index (κ2) is 8.52. The molecule has 18 heavy (non-hydrogen) atoms. The van der Waals surface area contributed by atoms with Crippen LogP contribution in [-0.4, -0.2) is 25.5 Å². The molecule has 0 radical (unpaired) electrons. The van der Waals surface area contributed by atoms with Crippen molar-refractivity contribution in [2.75, 3.05) is 19.6 Å². The molecule has 1 aliphatic carbocycles. The summed E-state index contributed by atoms with van der Waals surface area (Å²) in [5, 5.41) is 6.40. The van der Waals surface area contributed by atoms with Gasteiger partial charge in [0.05, 0.1) is 0 Å². The van der Waals surface area contributed by atoms with Gasteiger partial charge in [0.15, 0.2) is 0 Å². The van der Waals surface area contributed by atoms with Gasteiger partial charge in [-0.3, -0.25) is 4.79 Å². The Morgan fingerprint density at radius 1 is 1.00 bits per heavy atom. The average molecular weight is 254 g/mol. The Labute approximate surface area is 112 Å². The van der Waals surface area contributed by atoms with Crippen LogP contribution in [0.1, 0.15) is 65.2 Å². The van der Waals surface area contributed by atoms with Crippen LogP contribution < -0.4 is 10.6 Å². The van der Waals surface area contributed by atoms with Gasteiger partial charge in [-0.2, -0.15) is 0 Å². The molecule has 0 unspecified atom stereocenters. The van der Waals surface area contributed by atoms with Crippen LogP contribution in [0, 0.1) is 5.41 Å². The van der Waals surface area contributed by atoms with E-state index in [1.54, 1.807) is 0 Å². The maximum absolute atomic E-state index is 11.6. The Bertz CT molecular complexity index is 237. The van der Waals surface area contributed by atoms with Crippen molar-refractivity contribution < 1.29 is 4.79 Å². The van der Waals surface area contributed by atoms with E-state index in [0.717, 1.165) is 38.9 Å². The summed E-state index contributed by atoms with van der Waals surface area (Å²) in [6.45, 7) is 7.32. The summed E-state index contributed by atoms with van der Waals surface area (Å²) in [7, 11) is 0. The van der Waals surface area contributed by atoms with Crippen molar-refractivity contribution in [1.29, 1.82) is 0 Å². The molecule has 106 valence electrons. The van der Waals surface area contributed by atoms with Gasteiger partial charge in [-0.25, -0.2) is 0 Å². The monoisotopic (exact) mass is 254 g/mol. The van der Waals surface area contributed by atoms with Crippen LogP contribution in [0.4, 0.5) is 0 Å². The fourth-order valence-corrected chi connectivity index (χ4v) is 2.09. The molecule has 2 N–H and O–H groups in total. The number of rotatable bonds is 11. The quantitative estimate of drug-likeness (QED) is 0.557. The molecule has 1 saturated carbocycles. The van der Waals surface area contributed by atoms with E-state index in [0.29, 0.717) is 0 Å². The van der Waals surface area contributed by atoms with Crippen molar-refractivity contribution in [2.24, 2.45) is 5.41 Å². The Kier molecular flexibility index (Phi) is 7.33. The molecule has 1 aliphatic rings. The normalized spacial score (nSPS) is 16.6. The topological polar surface area (TPSA) is 41.1 Å². The second-order valence-corrected chi connectivity index (χ2v) is 5.79. The SMILES string of the molecule is CCNCCCCCCCCNC(=O)C1(C)CC1. The number of hydrogen-bond donors (Lipinski definition) is 2. The van der Waals surface area contributed by atoms with Crippen LogP contribution >= 0.6 is 0 Å². The molecule has 0 bridgehead atoms. The highest BCUT2D eigenvalue weighted by atomic mass is 16.2. The highest BCUT2D eigenvalue weighted by molar-refractivity contribution is 5.84. The van der Waals surface area contributed by atoms with Crippen LogP contribution in [0.3, 0.4) is 0 Å². The third kappa shape index (κ3) is 6.39. The van der Waals surface area contributed by atoms with Crippen LogP contribution in [0.25, 0.3) is 0 Å². The Morgan fingerprint density at radius 2 is 1.56 bits per heavy atom. The fraction of sp³-hybridized carbons (Fsp3) is 0.933. The zero-order chi connectivity index (χ0) is 13.3. The summed E-state index contributed by atoms with van der Waals surface area (Å²) >= 11 is 0. The molecule has 1 rings (SSSR count). The van der Waals surface area contributed by atoms with Crippen molar-refractivity contribution in [1.82, 2.24) is 10.6 Å². The van der Waals surface area contributed by atoms with Gasteiger partial charge in [0.1, 0.15) is 0 Å². The third-order valence-electron chi connectivity index (χ3n) is 3.86. The largest absolute Gasteiger partial charge is 0.356 e. The van der Waals surface area contributed by atoms with E-state index in [1.165, 1.54) is 32.1 Å². The number of carbonyl (C=O) groups is 1. The van der Waals surface area contributed by atoms with Gasteiger partial charge in [-0.05, 0) is 38.8 Å². The predicted octanol–water partition coefficient (Wildman–Crippen LogP) is 2.85. The van der Waals surface area contributed by atoms with Gasteiger partial charge in [-0.1, -0.05) is 39.5 Å². The molecule has 0 aromatic carbocycles. The first kappa shape index (κ1) is 15.5. The van der Waals surface area contributed by atoms with E-state index in [4.69, 9.17) is 0 Å². The van der Waals surface area contributed by atoms with Crippen molar-refractivity contribution in [3.8, 4) is 0 Å². The molecular formula is C15H30N2O. The molecule has 0 atom stereocenters. The summed E-state index contributed by atoms with van der Waals surface area (Å²) in [5.41, 5.74) is -0.00766. The average Bonchev–Trinajstić information content (AvgIpc) is 3.11. The smallest absolute Gasteiger partial charge is 0.225 e. The van der Waals surface area contributed by atoms with E-state index in [9.17, 15) is 4.79 Å². The van der Waals surface area contributed by atoms with E-state index in [1.807, 2.05) is 0 Å². The first-order valence-electron chi connectivity index (χ1n) is 7.68. The zero-order valence-corrected chi connectivity index (χ0v) is 12.2. The summed E-state index contributed by atoms with van der Waals surface area (Å²) in [4.78, 5) is 11.6. The minimum absolute atomic E-state index is 0.00766. The van der Waals surface area contributed by atoms with Crippen LogP contribution in [-0.2, 0) is 4.79 Å². The number of carbonyl (C=O) groups excluding carboxylic acids is 1. The minimum Gasteiger partial charge on any atom is -0.356 e. The van der Waals surface area contributed by atoms with Crippen molar-refractivity contribution in [2.45, 2.75) is 65.2 Å². The van der Waals surface area contributed by atoms with Crippen LogP contribution in [0.15, 0.2) is 0 Å². The molecule has 0 heterocycles. The van der Waals surface area contributed by atoms with Crippen LogP contribution in [0.2, 0.25) is 0 Å². The van der Waals surface area contributed by atoms with Crippen molar-refractivity contribution >= 4 is 5.91 Å². The Hall–Kier alpha value is -0.570. The lowest BCUT2D eigenvalue weighted by atomic mass is 10.1. The number of unbranched alkanes of at least 4 members (excludes halogenated alkanes) is 5. The molecule has 0 spiro atoms. The minimum atomic E-state index is -0.00766. The molecule has 1 amide bonds. The maximum atomic E-state index is 11.6. The molecule has 0 aromatic heterocycles. The molecule has 3 heteroatoms. The zero-order valence-electron chi connectivity index (χ0n) is 12.2. The van der Waals surface area contributed by atoms with E-state index in [-0.39, 0.29) is 11.3 Å². The van der Waals surface area contributed by atoms with Gasteiger partial charge < -0.3 is 10.6 Å². The van der Waals surface area contributed by atoms with E-state index in [2.05, 4.69) is 24.5 Å². The molecular weight excluding hydrogens is 224 g/mol. The van der Waals surface area contributed by atoms with Gasteiger partial charge in [0.2, 0.25) is 5.91 Å². The number of hydrogen-bond acceptors (Lipinski definition) is 2. The molecule has 0 aromatic rings. The number of nitrogens with one attached hydrogen (secondary N) is 2. The highest BCUT2D eigenvalue weighted by Crippen LogP contribution is 2.44. The van der Waals surface area contributed by atoms with Gasteiger partial charge in [0.25, 0.3) is 0 Å². The fourth-order valence-electron chi connectivity index (χ4n) is 2.09. The lowest BCUT2D eigenvalue weighted by Crippen LogP contribution is -2.30. The van der Waals surface area contributed by atoms with Crippen molar-refractivity contribution in [3.05, 3.63) is 0 Å². The molecule has 1 fully saturated rings. The van der Waals surface area contributed by atoms with E-state index < -0.39 is 0 Å². The summed E-state index contributed by atoms with van der Waals surface area (Å²) < 4.78 is 0. The summed E-state index contributed by atoms with van der Waals surface area (Å²) in [6.07, 6.45) is 9.79. The lowest BCUT2D eigenvalue weighted by Gasteiger charge is -2.09. The number of amides is 1. The summed E-state index contributed by atoms with van der Waals surface area (Å²) in [6, 6.07) is 0. The highest BCUT2D eigenvalue weighted by Gasteiger charge is 2.44. The van der Waals surface area contributed by atoms with Gasteiger partial charge >= 0.3 is 0 Å². The Balaban J connectivity index is 1.77. The first-order chi connectivity index (χ1) is 8.69. The standard InChI is InChI=1S/C15H30N2O/c1-3-16-12-8-6-4-5-7-9-13-17-14(18)15(2)10-11-15/h16H,3-13H2,1-2H3,(H,17,18). The Morgan fingerprint density at radius 3 is 2.11 bits per heavy atom. The van der Waals surface area contributed by atoms with E-state index >= 15 is 0 Å². The van der Waals surface area contributed by atoms with Crippen LogP contribution in [0.5, 0.6) is 0 Å². The van der Waals surface area contributed by atoms with Crippen molar-refractivity contribution in [3.63, 3.8) is 0 Å². The lowest BCUT2D eigenvalue weighted by molar-refractivity contribution is -0.125. The van der Waals surface area contributed by atoms with Gasteiger partial charge in [0, 0.05) is 12.0 Å². The molecule has 0 aliphatic heterocycles.